The Morgan fingerprint density at radius 2 is 1.75 bits per heavy atom. The first-order chi connectivity index (χ1) is 13.1. The Hall–Kier alpha value is -2.18. The van der Waals surface area contributed by atoms with Gasteiger partial charge in [0.2, 0.25) is 5.91 Å². The van der Waals surface area contributed by atoms with Crippen LogP contribution in [0.3, 0.4) is 0 Å². The fourth-order valence-electron chi connectivity index (χ4n) is 2.84. The second-order valence-corrected chi connectivity index (χ2v) is 9.24. The number of benzene rings is 1. The molecule has 152 valence electrons. The molecule has 1 aromatic heterocycles. The van der Waals surface area contributed by atoms with Crippen molar-refractivity contribution in [3.8, 4) is 0 Å². The molecule has 6 heteroatoms. The molecule has 2 aromatic rings. The Kier molecular flexibility index (Phi) is 7.38. The summed E-state index contributed by atoms with van der Waals surface area (Å²) >= 11 is 1.67. The van der Waals surface area contributed by atoms with Crippen molar-refractivity contribution in [3.05, 3.63) is 57.8 Å². The molecule has 2 N–H and O–H groups in total. The average molecular weight is 402 g/mol. The van der Waals surface area contributed by atoms with Crippen LogP contribution in [0.5, 0.6) is 0 Å². The van der Waals surface area contributed by atoms with E-state index < -0.39 is 6.04 Å². The SMILES string of the molecule is CC(NC(=O)c1ccc(C(C)(C)C)cc1)C(=O)NCC(c1cccs1)N(C)C. The molecule has 2 unspecified atom stereocenters. The zero-order chi connectivity index (χ0) is 20.9. The maximum absolute atomic E-state index is 12.5. The predicted octanol–water partition coefficient (Wildman–Crippen LogP) is 3.58. The fraction of sp³-hybridized carbons (Fsp3) is 0.455. The number of hydrogen-bond donors (Lipinski definition) is 2. The van der Waals surface area contributed by atoms with E-state index >= 15 is 0 Å². The van der Waals surface area contributed by atoms with Crippen molar-refractivity contribution in [1.82, 2.24) is 15.5 Å². The number of carbonyl (C=O) groups excluding carboxylic acids is 2. The molecule has 0 saturated carbocycles. The van der Waals surface area contributed by atoms with Crippen LogP contribution in [0.15, 0.2) is 41.8 Å². The van der Waals surface area contributed by atoms with Gasteiger partial charge in [0.15, 0.2) is 0 Å². The quantitative estimate of drug-likeness (QED) is 0.745. The molecule has 1 heterocycles. The van der Waals surface area contributed by atoms with Gasteiger partial charge in [-0.15, -0.1) is 11.3 Å². The van der Waals surface area contributed by atoms with Gasteiger partial charge in [0.05, 0.1) is 6.04 Å². The highest BCUT2D eigenvalue weighted by atomic mass is 32.1. The lowest BCUT2D eigenvalue weighted by Crippen LogP contribution is -2.46. The maximum atomic E-state index is 12.5. The Morgan fingerprint density at radius 3 is 2.25 bits per heavy atom. The predicted molar refractivity (Wildman–Crippen MR) is 116 cm³/mol. The van der Waals surface area contributed by atoms with Crippen LogP contribution in [0, 0.1) is 0 Å². The third kappa shape index (κ3) is 5.91. The number of carbonyl (C=O) groups is 2. The van der Waals surface area contributed by atoms with Crippen LogP contribution in [0.1, 0.15) is 54.5 Å². The van der Waals surface area contributed by atoms with E-state index in [2.05, 4.69) is 42.4 Å². The highest BCUT2D eigenvalue weighted by molar-refractivity contribution is 7.10. The van der Waals surface area contributed by atoms with Crippen molar-refractivity contribution in [2.24, 2.45) is 0 Å². The number of hydrogen-bond acceptors (Lipinski definition) is 4. The fourth-order valence-corrected chi connectivity index (χ4v) is 3.76. The second kappa shape index (κ2) is 9.34. The molecule has 0 aliphatic carbocycles. The van der Waals surface area contributed by atoms with Gasteiger partial charge in [-0.1, -0.05) is 39.0 Å². The minimum Gasteiger partial charge on any atom is -0.352 e. The second-order valence-electron chi connectivity index (χ2n) is 8.26. The first kappa shape index (κ1) is 22.1. The Labute approximate surface area is 172 Å². The van der Waals surface area contributed by atoms with E-state index in [-0.39, 0.29) is 23.3 Å². The summed E-state index contributed by atoms with van der Waals surface area (Å²) in [6.07, 6.45) is 0. The Balaban J connectivity index is 1.91. The van der Waals surface area contributed by atoms with E-state index in [1.54, 1.807) is 30.4 Å². The molecule has 0 radical (unpaired) electrons. The molecule has 0 aliphatic heterocycles. The third-order valence-electron chi connectivity index (χ3n) is 4.72. The largest absolute Gasteiger partial charge is 0.352 e. The standard InChI is InChI=1S/C22H31N3O2S/c1-15(20(26)23-14-18(25(5)6)19-8-7-13-28-19)24-21(27)16-9-11-17(12-10-16)22(2,3)4/h7-13,15,18H,14H2,1-6H3,(H,23,26)(H,24,27). The summed E-state index contributed by atoms with van der Waals surface area (Å²) in [6.45, 7) is 8.59. The van der Waals surface area contributed by atoms with Crippen molar-refractivity contribution < 1.29 is 9.59 Å². The van der Waals surface area contributed by atoms with E-state index in [0.29, 0.717) is 12.1 Å². The lowest BCUT2D eigenvalue weighted by molar-refractivity contribution is -0.122. The Bertz CT molecular complexity index is 777. The van der Waals surface area contributed by atoms with Crippen LogP contribution in [-0.2, 0) is 10.2 Å². The van der Waals surface area contributed by atoms with E-state index in [4.69, 9.17) is 0 Å². The third-order valence-corrected chi connectivity index (χ3v) is 5.69. The maximum Gasteiger partial charge on any atom is 0.251 e. The summed E-state index contributed by atoms with van der Waals surface area (Å²) < 4.78 is 0. The molecule has 0 fully saturated rings. The van der Waals surface area contributed by atoms with Crippen LogP contribution >= 0.6 is 11.3 Å². The van der Waals surface area contributed by atoms with Crippen molar-refractivity contribution >= 4 is 23.2 Å². The monoisotopic (exact) mass is 401 g/mol. The number of thiophene rings is 1. The van der Waals surface area contributed by atoms with Gasteiger partial charge < -0.3 is 15.5 Å². The molecule has 0 aliphatic rings. The number of amides is 2. The molecule has 0 saturated heterocycles. The summed E-state index contributed by atoms with van der Waals surface area (Å²) in [5.41, 5.74) is 1.75. The number of nitrogens with zero attached hydrogens (tertiary/aromatic N) is 1. The van der Waals surface area contributed by atoms with Gasteiger partial charge in [-0.2, -0.15) is 0 Å². The van der Waals surface area contributed by atoms with Crippen molar-refractivity contribution in [2.75, 3.05) is 20.6 Å². The van der Waals surface area contributed by atoms with Crippen molar-refractivity contribution in [2.45, 2.75) is 45.2 Å². The molecule has 0 spiro atoms. The van der Waals surface area contributed by atoms with Crippen molar-refractivity contribution in [3.63, 3.8) is 0 Å². The van der Waals surface area contributed by atoms with Gasteiger partial charge in [0.1, 0.15) is 6.04 Å². The smallest absolute Gasteiger partial charge is 0.251 e. The van der Waals surface area contributed by atoms with E-state index in [0.717, 1.165) is 5.56 Å². The molecule has 2 atom stereocenters. The number of rotatable bonds is 7. The first-order valence-electron chi connectivity index (χ1n) is 9.48. The highest BCUT2D eigenvalue weighted by Crippen LogP contribution is 2.23. The van der Waals surface area contributed by atoms with Gasteiger partial charge in [0.25, 0.3) is 5.91 Å². The van der Waals surface area contributed by atoms with Crippen LogP contribution in [0.25, 0.3) is 0 Å². The van der Waals surface area contributed by atoms with Gasteiger partial charge >= 0.3 is 0 Å². The van der Waals surface area contributed by atoms with Crippen LogP contribution in [0.2, 0.25) is 0 Å². The molecule has 28 heavy (non-hydrogen) atoms. The number of nitrogens with one attached hydrogen (secondary N) is 2. The van der Waals surface area contributed by atoms with Crippen LogP contribution in [0.4, 0.5) is 0 Å². The lowest BCUT2D eigenvalue weighted by Gasteiger charge is -2.24. The zero-order valence-corrected chi connectivity index (χ0v) is 18.4. The van der Waals surface area contributed by atoms with Gasteiger partial charge in [-0.25, -0.2) is 0 Å². The average Bonchev–Trinajstić information content (AvgIpc) is 3.15. The van der Waals surface area contributed by atoms with Crippen LogP contribution < -0.4 is 10.6 Å². The molecule has 0 bridgehead atoms. The molecule has 5 nitrogen and oxygen atoms in total. The van der Waals surface area contributed by atoms with Crippen molar-refractivity contribution in [1.29, 1.82) is 0 Å². The molecule has 1 aromatic carbocycles. The highest BCUT2D eigenvalue weighted by Gasteiger charge is 2.21. The topological polar surface area (TPSA) is 61.4 Å². The minimum absolute atomic E-state index is 0.0354. The van der Waals surface area contributed by atoms with Gasteiger partial charge in [-0.05, 0) is 55.6 Å². The first-order valence-corrected chi connectivity index (χ1v) is 10.4. The lowest BCUT2D eigenvalue weighted by atomic mass is 9.86. The Morgan fingerprint density at radius 1 is 1.11 bits per heavy atom. The van der Waals surface area contributed by atoms with Crippen LogP contribution in [-0.4, -0.2) is 43.4 Å². The summed E-state index contributed by atoms with van der Waals surface area (Å²) in [6, 6.07) is 11.1. The van der Waals surface area contributed by atoms with E-state index in [9.17, 15) is 9.59 Å². The summed E-state index contributed by atoms with van der Waals surface area (Å²) in [5.74, 6) is -0.436. The van der Waals surface area contributed by atoms with Gasteiger partial charge in [0, 0.05) is 17.0 Å². The minimum atomic E-state index is -0.610. The molecular weight excluding hydrogens is 370 g/mol. The summed E-state index contributed by atoms with van der Waals surface area (Å²) in [7, 11) is 3.98. The normalized spacial score (nSPS) is 13.8. The summed E-state index contributed by atoms with van der Waals surface area (Å²) in [4.78, 5) is 28.2. The zero-order valence-electron chi connectivity index (χ0n) is 17.6. The van der Waals surface area contributed by atoms with E-state index in [1.807, 2.05) is 37.7 Å². The molecule has 2 amide bonds. The summed E-state index contributed by atoms with van der Waals surface area (Å²) in [5, 5.41) is 7.76. The van der Waals surface area contributed by atoms with Gasteiger partial charge in [-0.3, -0.25) is 9.59 Å². The molecular formula is C22H31N3O2S. The number of likely N-dealkylation sites (N-methyl/N-ethyl adjacent to an activating group) is 1. The molecule has 2 rings (SSSR count). The van der Waals surface area contributed by atoms with E-state index in [1.165, 1.54) is 4.88 Å².